The first kappa shape index (κ1) is 13.5. The molecule has 3 N–H and O–H groups in total. The van der Waals surface area contributed by atoms with Crippen molar-refractivity contribution < 1.29 is 4.79 Å². The van der Waals surface area contributed by atoms with Crippen molar-refractivity contribution in [3.63, 3.8) is 0 Å². The third-order valence-corrected chi connectivity index (χ3v) is 3.64. The van der Waals surface area contributed by atoms with Crippen LogP contribution in [0.25, 0.3) is 0 Å². The van der Waals surface area contributed by atoms with Crippen LogP contribution in [-0.4, -0.2) is 18.0 Å². The van der Waals surface area contributed by atoms with Crippen molar-refractivity contribution in [3.8, 4) is 0 Å². The molecule has 0 aromatic carbocycles. The van der Waals surface area contributed by atoms with E-state index in [1.54, 1.807) is 0 Å². The fraction of sp³-hybridized carbons (Fsp3) is 0.923. The number of nitrogens with one attached hydrogen (secondary N) is 1. The van der Waals surface area contributed by atoms with Crippen LogP contribution in [0, 0.1) is 5.92 Å². The smallest absolute Gasteiger partial charge is 0.220 e. The number of unbranched alkanes of at least 4 members (excludes halogenated alkanes) is 1. The van der Waals surface area contributed by atoms with Gasteiger partial charge in [-0.25, -0.2) is 0 Å². The molecule has 1 saturated carbocycles. The second kappa shape index (κ2) is 6.24. The van der Waals surface area contributed by atoms with Crippen molar-refractivity contribution in [2.45, 2.75) is 64.3 Å². The van der Waals surface area contributed by atoms with E-state index < -0.39 is 0 Å². The molecule has 3 heteroatoms. The number of hydrogen-bond acceptors (Lipinski definition) is 2. The molecule has 0 spiro atoms. The minimum absolute atomic E-state index is 0.109. The van der Waals surface area contributed by atoms with E-state index in [0.717, 1.165) is 25.7 Å². The van der Waals surface area contributed by atoms with Crippen LogP contribution in [0.4, 0.5) is 0 Å². The summed E-state index contributed by atoms with van der Waals surface area (Å²) in [4.78, 5) is 11.8. The van der Waals surface area contributed by atoms with E-state index in [1.807, 2.05) is 0 Å². The van der Waals surface area contributed by atoms with Crippen molar-refractivity contribution in [2.75, 3.05) is 6.54 Å². The van der Waals surface area contributed by atoms with Crippen LogP contribution in [0.5, 0.6) is 0 Å². The molecule has 1 aliphatic rings. The van der Waals surface area contributed by atoms with E-state index in [9.17, 15) is 4.79 Å². The van der Waals surface area contributed by atoms with Crippen LogP contribution < -0.4 is 11.1 Å². The highest BCUT2D eigenvalue weighted by atomic mass is 16.1. The van der Waals surface area contributed by atoms with Crippen LogP contribution in [0.2, 0.25) is 0 Å². The highest BCUT2D eigenvalue weighted by Gasteiger charge is 2.34. The second-order valence-electron chi connectivity index (χ2n) is 5.34. The van der Waals surface area contributed by atoms with E-state index >= 15 is 0 Å². The fourth-order valence-corrected chi connectivity index (χ4v) is 2.71. The van der Waals surface area contributed by atoms with Gasteiger partial charge in [0, 0.05) is 13.0 Å². The molecule has 1 aliphatic carbocycles. The normalized spacial score (nSPS) is 30.1. The predicted molar refractivity (Wildman–Crippen MR) is 67.1 cm³/mol. The first-order chi connectivity index (χ1) is 7.62. The molecule has 0 saturated heterocycles. The largest absolute Gasteiger partial charge is 0.349 e. The Balaban J connectivity index is 2.49. The molecule has 0 radical (unpaired) electrons. The zero-order valence-electron chi connectivity index (χ0n) is 10.7. The molecule has 1 fully saturated rings. The van der Waals surface area contributed by atoms with Crippen molar-refractivity contribution in [1.29, 1.82) is 0 Å². The van der Waals surface area contributed by atoms with Gasteiger partial charge in [-0.1, -0.05) is 33.1 Å². The molecule has 2 atom stereocenters. The monoisotopic (exact) mass is 226 g/mol. The van der Waals surface area contributed by atoms with Gasteiger partial charge in [0.2, 0.25) is 5.91 Å². The lowest BCUT2D eigenvalue weighted by atomic mass is 9.76. The summed E-state index contributed by atoms with van der Waals surface area (Å²) in [6, 6.07) is 0. The van der Waals surface area contributed by atoms with Gasteiger partial charge in [-0.15, -0.1) is 0 Å². The minimum Gasteiger partial charge on any atom is -0.349 e. The number of nitrogens with two attached hydrogens (primary N) is 1. The van der Waals surface area contributed by atoms with Crippen LogP contribution in [0.1, 0.15) is 58.8 Å². The predicted octanol–water partition coefficient (Wildman–Crippen LogP) is 2.20. The van der Waals surface area contributed by atoms with Crippen LogP contribution >= 0.6 is 0 Å². The van der Waals surface area contributed by atoms with Crippen LogP contribution in [0.3, 0.4) is 0 Å². The summed E-state index contributed by atoms with van der Waals surface area (Å²) >= 11 is 0. The van der Waals surface area contributed by atoms with Crippen molar-refractivity contribution in [2.24, 2.45) is 11.7 Å². The van der Waals surface area contributed by atoms with Gasteiger partial charge in [-0.2, -0.15) is 0 Å². The SMILES string of the molecule is CCCCC(=O)NC1(CN)CCCC(C)C1. The highest BCUT2D eigenvalue weighted by Crippen LogP contribution is 2.31. The minimum atomic E-state index is -0.109. The van der Waals surface area contributed by atoms with Gasteiger partial charge in [-0.3, -0.25) is 4.79 Å². The molecule has 2 unspecified atom stereocenters. The average molecular weight is 226 g/mol. The van der Waals surface area contributed by atoms with Crippen molar-refractivity contribution in [3.05, 3.63) is 0 Å². The molecule has 1 rings (SSSR count). The summed E-state index contributed by atoms with van der Waals surface area (Å²) in [5, 5.41) is 3.18. The zero-order chi connectivity index (χ0) is 12.0. The fourth-order valence-electron chi connectivity index (χ4n) is 2.71. The summed E-state index contributed by atoms with van der Waals surface area (Å²) in [5.41, 5.74) is 5.75. The van der Waals surface area contributed by atoms with Gasteiger partial charge < -0.3 is 11.1 Å². The Morgan fingerprint density at radius 1 is 1.56 bits per heavy atom. The first-order valence-corrected chi connectivity index (χ1v) is 6.63. The molecule has 16 heavy (non-hydrogen) atoms. The molecule has 1 amide bonds. The Morgan fingerprint density at radius 2 is 2.31 bits per heavy atom. The second-order valence-corrected chi connectivity index (χ2v) is 5.34. The number of rotatable bonds is 5. The van der Waals surface area contributed by atoms with Gasteiger partial charge in [0.1, 0.15) is 0 Å². The van der Waals surface area contributed by atoms with E-state index in [4.69, 9.17) is 5.73 Å². The Hall–Kier alpha value is -0.570. The van der Waals surface area contributed by atoms with Gasteiger partial charge in [0.05, 0.1) is 5.54 Å². The number of amides is 1. The maximum atomic E-state index is 11.8. The summed E-state index contributed by atoms with van der Waals surface area (Å²) in [6.07, 6.45) is 7.24. The molecule has 0 heterocycles. The summed E-state index contributed by atoms with van der Waals surface area (Å²) < 4.78 is 0. The molecule has 0 aromatic heterocycles. The summed E-state index contributed by atoms with van der Waals surface area (Å²) in [7, 11) is 0. The van der Waals surface area contributed by atoms with Gasteiger partial charge in [0.25, 0.3) is 0 Å². The van der Waals surface area contributed by atoms with E-state index in [-0.39, 0.29) is 11.4 Å². The molecule has 0 bridgehead atoms. The van der Waals surface area contributed by atoms with Gasteiger partial charge in [0.15, 0.2) is 0 Å². The number of hydrogen-bond donors (Lipinski definition) is 2. The lowest BCUT2D eigenvalue weighted by Crippen LogP contribution is -2.55. The Morgan fingerprint density at radius 3 is 2.88 bits per heavy atom. The Kier molecular flexibility index (Phi) is 5.26. The summed E-state index contributed by atoms with van der Waals surface area (Å²) in [6.45, 7) is 4.94. The lowest BCUT2D eigenvalue weighted by Gasteiger charge is -2.40. The van der Waals surface area contributed by atoms with Crippen molar-refractivity contribution >= 4 is 5.91 Å². The van der Waals surface area contributed by atoms with E-state index in [0.29, 0.717) is 18.9 Å². The topological polar surface area (TPSA) is 55.1 Å². The zero-order valence-corrected chi connectivity index (χ0v) is 10.7. The Bertz CT molecular complexity index is 230. The molecule has 0 aromatic rings. The third kappa shape index (κ3) is 3.78. The first-order valence-electron chi connectivity index (χ1n) is 6.63. The average Bonchev–Trinajstić information content (AvgIpc) is 2.26. The maximum Gasteiger partial charge on any atom is 0.220 e. The van der Waals surface area contributed by atoms with Crippen LogP contribution in [-0.2, 0) is 4.79 Å². The molecular weight excluding hydrogens is 200 g/mol. The molecule has 3 nitrogen and oxygen atoms in total. The molecule has 0 aliphatic heterocycles. The van der Waals surface area contributed by atoms with Crippen LogP contribution in [0.15, 0.2) is 0 Å². The van der Waals surface area contributed by atoms with E-state index in [2.05, 4.69) is 19.2 Å². The highest BCUT2D eigenvalue weighted by molar-refractivity contribution is 5.76. The lowest BCUT2D eigenvalue weighted by molar-refractivity contribution is -0.123. The Labute approximate surface area is 99.2 Å². The molecular formula is C13H26N2O. The number of carbonyl (C=O) groups excluding carboxylic acids is 1. The maximum absolute atomic E-state index is 11.8. The van der Waals surface area contributed by atoms with Gasteiger partial charge in [-0.05, 0) is 25.2 Å². The number of carbonyl (C=O) groups is 1. The third-order valence-electron chi connectivity index (χ3n) is 3.64. The molecule has 94 valence electrons. The quantitative estimate of drug-likeness (QED) is 0.755. The van der Waals surface area contributed by atoms with Crippen molar-refractivity contribution in [1.82, 2.24) is 5.32 Å². The standard InChI is InChI=1S/C13H26N2O/c1-3-4-7-12(16)15-13(10-14)8-5-6-11(2)9-13/h11H,3-10,14H2,1-2H3,(H,15,16). The van der Waals surface area contributed by atoms with Gasteiger partial charge >= 0.3 is 0 Å². The van der Waals surface area contributed by atoms with E-state index in [1.165, 1.54) is 12.8 Å². The summed E-state index contributed by atoms with van der Waals surface area (Å²) in [5.74, 6) is 0.866.